The molecule has 0 spiro atoms. The number of amides is 1. The number of nitrogens with one attached hydrogen (secondary N) is 1. The van der Waals surface area contributed by atoms with E-state index < -0.39 is 41.9 Å². The largest absolute Gasteiger partial charge is 0.496 e. The Morgan fingerprint density at radius 3 is 2.28 bits per heavy atom. The fourth-order valence-electron chi connectivity index (χ4n) is 3.64. The Morgan fingerprint density at radius 1 is 0.949 bits per heavy atom. The summed E-state index contributed by atoms with van der Waals surface area (Å²) in [6.45, 7) is 4.19. The van der Waals surface area contributed by atoms with E-state index in [-0.39, 0.29) is 22.9 Å². The number of methoxy groups -OCH3 is 2. The highest BCUT2D eigenvalue weighted by atomic mass is 19.1. The van der Waals surface area contributed by atoms with Crippen LogP contribution >= 0.6 is 0 Å². The second-order valence-corrected chi connectivity index (χ2v) is 8.36. The van der Waals surface area contributed by atoms with Crippen LogP contribution in [0.3, 0.4) is 0 Å². The van der Waals surface area contributed by atoms with Crippen molar-refractivity contribution in [2.75, 3.05) is 14.2 Å². The Hall–Kier alpha value is -4.67. The van der Waals surface area contributed by atoms with Gasteiger partial charge in [-0.3, -0.25) is 9.59 Å². The Kier molecular flexibility index (Phi) is 9.80. The highest BCUT2D eigenvalue weighted by Gasteiger charge is 2.31. The van der Waals surface area contributed by atoms with Crippen LogP contribution in [0.2, 0.25) is 0 Å². The minimum Gasteiger partial charge on any atom is -0.496 e. The number of aromatic nitrogens is 1. The van der Waals surface area contributed by atoms with Crippen molar-refractivity contribution in [1.82, 2.24) is 10.3 Å². The topological polar surface area (TPSA) is 122 Å². The van der Waals surface area contributed by atoms with Crippen LogP contribution in [0, 0.1) is 5.82 Å². The van der Waals surface area contributed by atoms with Gasteiger partial charge in [0.05, 0.1) is 14.2 Å². The summed E-state index contributed by atoms with van der Waals surface area (Å²) in [7, 11) is 2.73. The summed E-state index contributed by atoms with van der Waals surface area (Å²) in [4.78, 5) is 41.4. The van der Waals surface area contributed by atoms with E-state index >= 15 is 0 Å². The number of para-hydroxylation sites is 1. The molecule has 1 N–H and O–H groups in total. The second kappa shape index (κ2) is 13.2. The number of hydrogen-bond acceptors (Lipinski definition) is 9. The van der Waals surface area contributed by atoms with Crippen LogP contribution < -0.4 is 24.3 Å². The lowest BCUT2D eigenvalue weighted by Crippen LogP contribution is -2.42. The molecule has 0 saturated carbocycles. The maximum Gasteiger partial charge on any atom is 0.328 e. The molecule has 0 aliphatic carbocycles. The van der Waals surface area contributed by atoms with Gasteiger partial charge in [-0.15, -0.1) is 0 Å². The zero-order chi connectivity index (χ0) is 28.5. The number of hydrogen-bond donors (Lipinski definition) is 1. The lowest BCUT2D eigenvalue weighted by atomic mass is 10.0. The molecule has 3 atom stereocenters. The summed E-state index contributed by atoms with van der Waals surface area (Å²) < 4.78 is 41.2. The highest BCUT2D eigenvalue weighted by molar-refractivity contribution is 5.98. The minimum atomic E-state index is -1.13. The average Bonchev–Trinajstić information content (AvgIpc) is 2.92. The van der Waals surface area contributed by atoms with Gasteiger partial charge in [-0.25, -0.2) is 14.2 Å². The third-order valence-corrected chi connectivity index (χ3v) is 5.49. The Balaban J connectivity index is 1.80. The minimum absolute atomic E-state index is 0.114. The van der Waals surface area contributed by atoms with Crippen LogP contribution in [-0.4, -0.2) is 49.2 Å². The first-order valence-corrected chi connectivity index (χ1v) is 11.9. The van der Waals surface area contributed by atoms with Crippen molar-refractivity contribution in [1.29, 1.82) is 0 Å². The predicted octanol–water partition coefficient (Wildman–Crippen LogP) is 4.03. The summed E-state index contributed by atoms with van der Waals surface area (Å²) in [6.07, 6.45) is -0.485. The molecular weight excluding hydrogens is 511 g/mol. The molecule has 3 rings (SSSR count). The lowest BCUT2D eigenvalue weighted by Gasteiger charge is -2.28. The van der Waals surface area contributed by atoms with E-state index in [0.29, 0.717) is 11.3 Å². The first-order chi connectivity index (χ1) is 18.6. The molecule has 1 aromatic heterocycles. The summed E-state index contributed by atoms with van der Waals surface area (Å²) in [5.74, 6) is -2.13. The van der Waals surface area contributed by atoms with Crippen LogP contribution in [0.4, 0.5) is 4.39 Å². The van der Waals surface area contributed by atoms with E-state index in [9.17, 15) is 18.8 Å². The van der Waals surface area contributed by atoms with Crippen molar-refractivity contribution in [3.63, 3.8) is 0 Å². The quantitative estimate of drug-likeness (QED) is 0.359. The first-order valence-electron chi connectivity index (χ1n) is 11.9. The van der Waals surface area contributed by atoms with Crippen LogP contribution in [-0.2, 0) is 14.3 Å². The first kappa shape index (κ1) is 28.9. The molecule has 1 heterocycles. The molecule has 0 saturated heterocycles. The zero-order valence-electron chi connectivity index (χ0n) is 22.1. The summed E-state index contributed by atoms with van der Waals surface area (Å²) >= 11 is 0. The molecule has 0 unspecified atom stereocenters. The number of nitrogens with zero attached hydrogens (tertiary/aromatic N) is 1. The molecule has 11 heteroatoms. The molecule has 0 radical (unpaired) electrons. The molecule has 10 nitrogen and oxygen atoms in total. The van der Waals surface area contributed by atoms with E-state index in [2.05, 4.69) is 10.3 Å². The SMILES string of the molecule is COc1cc(F)ccc1[C@@H](Oc1ccccc1)[C@H](C)OC(=O)[C@H](C)NC(=O)c1nccc(OC)c1OC(C)=O. The fraction of sp³-hybridized carbons (Fsp3) is 0.286. The summed E-state index contributed by atoms with van der Waals surface area (Å²) in [5.41, 5.74) is 0.199. The Labute approximate surface area is 225 Å². The van der Waals surface area contributed by atoms with Gasteiger partial charge in [0.1, 0.15) is 29.5 Å². The van der Waals surface area contributed by atoms with Crippen LogP contribution in [0.15, 0.2) is 60.8 Å². The van der Waals surface area contributed by atoms with Gasteiger partial charge in [0, 0.05) is 30.8 Å². The molecule has 206 valence electrons. The van der Waals surface area contributed by atoms with E-state index in [1.807, 2.05) is 6.07 Å². The number of ether oxygens (including phenoxy) is 5. The molecule has 0 aliphatic heterocycles. The molecule has 0 fully saturated rings. The van der Waals surface area contributed by atoms with Crippen molar-refractivity contribution in [2.45, 2.75) is 39.0 Å². The van der Waals surface area contributed by atoms with Gasteiger partial charge in [0.2, 0.25) is 5.75 Å². The number of pyridine rings is 1. The Morgan fingerprint density at radius 2 is 1.64 bits per heavy atom. The van der Waals surface area contributed by atoms with E-state index in [1.165, 1.54) is 58.5 Å². The normalized spacial score (nSPS) is 12.9. The number of carbonyl (C=O) groups is 3. The van der Waals surface area contributed by atoms with Crippen LogP contribution in [0.5, 0.6) is 23.0 Å². The van der Waals surface area contributed by atoms with E-state index in [4.69, 9.17) is 23.7 Å². The maximum absolute atomic E-state index is 13.9. The summed E-state index contributed by atoms with van der Waals surface area (Å²) in [6, 6.07) is 13.0. The Bertz CT molecular complexity index is 1320. The highest BCUT2D eigenvalue weighted by Crippen LogP contribution is 2.34. The second-order valence-electron chi connectivity index (χ2n) is 8.36. The van der Waals surface area contributed by atoms with Gasteiger partial charge in [0.25, 0.3) is 5.91 Å². The fourth-order valence-corrected chi connectivity index (χ4v) is 3.64. The number of halogens is 1. The van der Waals surface area contributed by atoms with Gasteiger partial charge < -0.3 is 29.0 Å². The van der Waals surface area contributed by atoms with Gasteiger partial charge in [0.15, 0.2) is 17.5 Å². The lowest BCUT2D eigenvalue weighted by molar-refractivity contribution is -0.154. The van der Waals surface area contributed by atoms with Crippen molar-refractivity contribution in [3.8, 4) is 23.0 Å². The van der Waals surface area contributed by atoms with Crippen LogP contribution in [0.25, 0.3) is 0 Å². The molecule has 1 amide bonds. The van der Waals surface area contributed by atoms with Crippen molar-refractivity contribution >= 4 is 17.8 Å². The molecule has 3 aromatic rings. The van der Waals surface area contributed by atoms with E-state index in [0.717, 1.165) is 0 Å². The van der Waals surface area contributed by atoms with Crippen molar-refractivity contribution in [2.24, 2.45) is 0 Å². The van der Waals surface area contributed by atoms with Crippen molar-refractivity contribution in [3.05, 3.63) is 77.9 Å². The number of carbonyl (C=O) groups excluding carboxylic acids is 3. The standard InChI is InChI=1S/C28H29FN2O8/c1-16(31-27(33)24-26(38-18(3)32)22(35-4)13-14-30-24)28(34)37-17(2)25(39-20-9-7-6-8-10-20)21-12-11-19(29)15-23(21)36-5/h6-17,25H,1-5H3,(H,31,33)/t16-,17-,25-/m0/s1. The average molecular weight is 541 g/mol. The molecule has 0 bridgehead atoms. The monoisotopic (exact) mass is 540 g/mol. The third kappa shape index (κ3) is 7.44. The zero-order valence-corrected chi connectivity index (χ0v) is 22.1. The molecular formula is C28H29FN2O8. The van der Waals surface area contributed by atoms with Crippen molar-refractivity contribution < 1.29 is 42.5 Å². The van der Waals surface area contributed by atoms with Gasteiger partial charge in [-0.2, -0.15) is 0 Å². The summed E-state index contributed by atoms with van der Waals surface area (Å²) in [5, 5.41) is 2.49. The predicted molar refractivity (Wildman–Crippen MR) is 137 cm³/mol. The van der Waals surface area contributed by atoms with Gasteiger partial charge in [-0.1, -0.05) is 18.2 Å². The van der Waals surface area contributed by atoms with Gasteiger partial charge in [-0.05, 0) is 38.1 Å². The maximum atomic E-state index is 13.9. The van der Waals surface area contributed by atoms with Gasteiger partial charge >= 0.3 is 11.9 Å². The third-order valence-electron chi connectivity index (χ3n) is 5.49. The van der Waals surface area contributed by atoms with E-state index in [1.54, 1.807) is 31.2 Å². The number of benzene rings is 2. The number of rotatable bonds is 11. The number of esters is 2. The van der Waals surface area contributed by atoms with Crippen LogP contribution in [0.1, 0.15) is 42.9 Å². The molecule has 2 aromatic carbocycles. The molecule has 0 aliphatic rings. The molecule has 39 heavy (non-hydrogen) atoms. The smallest absolute Gasteiger partial charge is 0.328 e.